The number of benzene rings is 2. The Morgan fingerprint density at radius 2 is 1.87 bits per heavy atom. The van der Waals surface area contributed by atoms with Gasteiger partial charge in [-0.05, 0) is 50.5 Å². The minimum atomic E-state index is -3.43. The Morgan fingerprint density at radius 3 is 2.53 bits per heavy atom. The third kappa shape index (κ3) is 5.34. The van der Waals surface area contributed by atoms with Crippen molar-refractivity contribution >= 4 is 54.8 Å². The summed E-state index contributed by atoms with van der Waals surface area (Å²) in [5.41, 5.74) is 0.875. The van der Waals surface area contributed by atoms with Gasteiger partial charge in [0.2, 0.25) is 0 Å². The van der Waals surface area contributed by atoms with Gasteiger partial charge in [0.05, 0.1) is 20.9 Å². The number of nitrogens with zero attached hydrogens (tertiary/aromatic N) is 3. The van der Waals surface area contributed by atoms with E-state index in [-0.39, 0.29) is 40.3 Å². The van der Waals surface area contributed by atoms with Crippen LogP contribution in [0.5, 0.6) is 0 Å². The molecule has 0 N–H and O–H groups in total. The van der Waals surface area contributed by atoms with E-state index in [1.807, 2.05) is 19.0 Å². The van der Waals surface area contributed by atoms with Crippen LogP contribution in [0.3, 0.4) is 0 Å². The fourth-order valence-electron chi connectivity index (χ4n) is 2.73. The molecule has 3 aromatic rings. The first kappa shape index (κ1) is 24.2. The molecule has 0 aliphatic carbocycles. The highest BCUT2D eigenvalue weighted by atomic mass is 35.5. The number of fused-ring (bicyclic) bond motifs is 1. The van der Waals surface area contributed by atoms with Gasteiger partial charge in [-0.2, -0.15) is 0 Å². The molecule has 10 heteroatoms. The molecule has 0 saturated heterocycles. The van der Waals surface area contributed by atoms with Gasteiger partial charge in [0.25, 0.3) is 5.91 Å². The number of anilines is 1. The fraction of sp³-hybridized carbons (Fsp3) is 0.300. The number of hydrogen-bond donors (Lipinski definition) is 0. The zero-order chi connectivity index (χ0) is 21.2. The molecule has 1 amide bonds. The second-order valence-electron chi connectivity index (χ2n) is 6.80. The molecule has 162 valence electrons. The average molecular weight is 472 g/mol. The zero-order valence-corrected chi connectivity index (χ0v) is 19.3. The number of hydrogen-bond acceptors (Lipinski definition) is 6. The molecule has 0 saturated carbocycles. The minimum Gasteiger partial charge on any atom is -0.308 e. The van der Waals surface area contributed by atoms with Crippen LogP contribution < -0.4 is 4.90 Å². The Morgan fingerprint density at radius 1 is 1.13 bits per heavy atom. The summed E-state index contributed by atoms with van der Waals surface area (Å²) in [5, 5.41) is 0.446. The number of sulfone groups is 1. The van der Waals surface area contributed by atoms with Gasteiger partial charge in [-0.1, -0.05) is 24.3 Å². The van der Waals surface area contributed by atoms with E-state index in [2.05, 4.69) is 4.98 Å². The number of aromatic nitrogens is 1. The fourth-order valence-corrected chi connectivity index (χ4v) is 4.67. The van der Waals surface area contributed by atoms with Gasteiger partial charge in [0, 0.05) is 18.7 Å². The Bertz CT molecular complexity index is 1150. The molecular formula is C20H23ClFN3O3S2. The average Bonchev–Trinajstić information content (AvgIpc) is 3.10. The maximum absolute atomic E-state index is 13.5. The number of carbonyl (C=O) groups excluding carboxylic acids is 1. The summed E-state index contributed by atoms with van der Waals surface area (Å²) in [6.07, 6.45) is 0. The lowest BCUT2D eigenvalue weighted by molar-refractivity contribution is 0.0985. The summed E-state index contributed by atoms with van der Waals surface area (Å²) in [7, 11) is 0.358. The van der Waals surface area contributed by atoms with Crippen molar-refractivity contribution in [3.63, 3.8) is 0 Å². The maximum Gasteiger partial charge on any atom is 0.260 e. The summed E-state index contributed by atoms with van der Waals surface area (Å²) < 4.78 is 38.6. The topological polar surface area (TPSA) is 70.6 Å². The van der Waals surface area contributed by atoms with Crippen molar-refractivity contribution in [1.82, 2.24) is 9.88 Å². The zero-order valence-electron chi connectivity index (χ0n) is 16.8. The van der Waals surface area contributed by atoms with Crippen LogP contribution in [0, 0.1) is 5.82 Å². The molecule has 30 heavy (non-hydrogen) atoms. The second kappa shape index (κ2) is 9.82. The molecule has 0 atom stereocenters. The van der Waals surface area contributed by atoms with Gasteiger partial charge in [0.15, 0.2) is 15.0 Å². The van der Waals surface area contributed by atoms with Gasteiger partial charge in [-0.3, -0.25) is 9.69 Å². The maximum atomic E-state index is 13.5. The van der Waals surface area contributed by atoms with Gasteiger partial charge >= 0.3 is 0 Å². The summed E-state index contributed by atoms with van der Waals surface area (Å²) >= 11 is 1.23. The van der Waals surface area contributed by atoms with Gasteiger partial charge in [0.1, 0.15) is 5.82 Å². The van der Waals surface area contributed by atoms with Crippen molar-refractivity contribution in [2.24, 2.45) is 0 Å². The lowest BCUT2D eigenvalue weighted by atomic mass is 10.2. The Labute approximate surface area is 185 Å². The molecule has 0 fully saturated rings. The van der Waals surface area contributed by atoms with Crippen LogP contribution >= 0.6 is 23.7 Å². The van der Waals surface area contributed by atoms with Crippen LogP contribution in [0.1, 0.15) is 17.3 Å². The van der Waals surface area contributed by atoms with E-state index >= 15 is 0 Å². The SMILES string of the molecule is CCS(=O)(=O)c1cccc(C(=O)N(CCN(C)C)c2nc3ccc(F)cc3s2)c1.Cl. The minimum absolute atomic E-state index is 0. The van der Waals surface area contributed by atoms with Crippen molar-refractivity contribution in [3.8, 4) is 0 Å². The molecule has 3 rings (SSSR count). The smallest absolute Gasteiger partial charge is 0.260 e. The highest BCUT2D eigenvalue weighted by Crippen LogP contribution is 2.30. The van der Waals surface area contributed by atoms with E-state index in [0.717, 1.165) is 0 Å². The predicted octanol–water partition coefficient (Wildman–Crippen LogP) is 3.86. The number of amides is 1. The lowest BCUT2D eigenvalue weighted by Crippen LogP contribution is -2.36. The van der Waals surface area contributed by atoms with E-state index in [1.54, 1.807) is 25.1 Å². The predicted molar refractivity (Wildman–Crippen MR) is 121 cm³/mol. The highest BCUT2D eigenvalue weighted by molar-refractivity contribution is 7.91. The third-order valence-electron chi connectivity index (χ3n) is 4.41. The molecular weight excluding hydrogens is 449 g/mol. The molecule has 0 spiro atoms. The Kier molecular flexibility index (Phi) is 7.93. The molecule has 6 nitrogen and oxygen atoms in total. The first-order valence-electron chi connectivity index (χ1n) is 9.07. The van der Waals surface area contributed by atoms with Crippen LogP contribution in [0.15, 0.2) is 47.4 Å². The third-order valence-corrected chi connectivity index (χ3v) is 7.18. The number of halogens is 2. The molecule has 2 aromatic carbocycles. The van der Waals surface area contributed by atoms with Crippen molar-refractivity contribution < 1.29 is 17.6 Å². The first-order valence-corrected chi connectivity index (χ1v) is 11.5. The monoisotopic (exact) mass is 471 g/mol. The van der Waals surface area contributed by atoms with Crippen LogP contribution in [-0.2, 0) is 9.84 Å². The van der Waals surface area contributed by atoms with Gasteiger partial charge < -0.3 is 4.90 Å². The molecule has 0 unspecified atom stereocenters. The molecule has 0 bridgehead atoms. The first-order chi connectivity index (χ1) is 13.7. The number of rotatable bonds is 7. The normalized spacial score (nSPS) is 11.5. The van der Waals surface area contributed by atoms with Crippen molar-refractivity contribution in [2.45, 2.75) is 11.8 Å². The van der Waals surface area contributed by atoms with E-state index in [1.165, 1.54) is 40.5 Å². The van der Waals surface area contributed by atoms with Crippen LogP contribution in [-0.4, -0.2) is 57.1 Å². The van der Waals surface area contributed by atoms with Crippen molar-refractivity contribution in [2.75, 3.05) is 37.8 Å². The summed E-state index contributed by atoms with van der Waals surface area (Å²) in [4.78, 5) is 21.3. The van der Waals surface area contributed by atoms with Crippen LogP contribution in [0.4, 0.5) is 9.52 Å². The molecule has 1 heterocycles. The summed E-state index contributed by atoms with van der Waals surface area (Å²) in [6, 6.07) is 10.3. The molecule has 0 radical (unpaired) electrons. The Hall–Kier alpha value is -2.07. The van der Waals surface area contributed by atoms with E-state index in [4.69, 9.17) is 0 Å². The van der Waals surface area contributed by atoms with Gasteiger partial charge in [-0.25, -0.2) is 17.8 Å². The largest absolute Gasteiger partial charge is 0.308 e. The lowest BCUT2D eigenvalue weighted by Gasteiger charge is -2.22. The van der Waals surface area contributed by atoms with E-state index in [0.29, 0.717) is 28.4 Å². The van der Waals surface area contributed by atoms with E-state index in [9.17, 15) is 17.6 Å². The van der Waals surface area contributed by atoms with E-state index < -0.39 is 9.84 Å². The highest BCUT2D eigenvalue weighted by Gasteiger charge is 2.23. The number of thiazole rings is 1. The van der Waals surface area contributed by atoms with Crippen molar-refractivity contribution in [1.29, 1.82) is 0 Å². The van der Waals surface area contributed by atoms with Crippen molar-refractivity contribution in [3.05, 3.63) is 53.8 Å². The second-order valence-corrected chi connectivity index (χ2v) is 10.1. The van der Waals surface area contributed by atoms with Crippen LogP contribution in [0.2, 0.25) is 0 Å². The Balaban J connectivity index is 0.00000320. The summed E-state index contributed by atoms with van der Waals surface area (Å²) in [6.45, 7) is 2.51. The quantitative estimate of drug-likeness (QED) is 0.523. The summed E-state index contributed by atoms with van der Waals surface area (Å²) in [5.74, 6) is -0.755. The van der Waals surface area contributed by atoms with Gasteiger partial charge in [-0.15, -0.1) is 12.4 Å². The number of carbonyl (C=O) groups is 1. The standard InChI is InChI=1S/C20H22FN3O3S2.ClH/c1-4-29(26,27)16-7-5-6-14(12-16)19(25)24(11-10-23(2)3)20-22-17-9-8-15(21)13-18(17)28-20;/h5-9,12-13H,4,10-11H2,1-3H3;1H. The molecule has 0 aliphatic rings. The van der Waals surface area contributed by atoms with Crippen LogP contribution in [0.25, 0.3) is 10.2 Å². The molecule has 0 aliphatic heterocycles. The molecule has 1 aromatic heterocycles. The number of likely N-dealkylation sites (N-methyl/N-ethyl adjacent to an activating group) is 1.